The lowest BCUT2D eigenvalue weighted by molar-refractivity contribution is -0.605. The Morgan fingerprint density at radius 2 is 1.83 bits per heavy atom. The van der Waals surface area contributed by atoms with Crippen LogP contribution in [-0.4, -0.2) is 15.5 Å². The lowest BCUT2D eigenvalue weighted by Crippen LogP contribution is -2.24. The summed E-state index contributed by atoms with van der Waals surface area (Å²) in [6.07, 6.45) is 7.28. The van der Waals surface area contributed by atoms with E-state index in [1.54, 1.807) is 25.4 Å². The van der Waals surface area contributed by atoms with Crippen molar-refractivity contribution in [3.05, 3.63) is 105 Å². The Balaban J connectivity index is 1.65. The average Bonchev–Trinajstić information content (AvgIpc) is 2.88. The predicted molar refractivity (Wildman–Crippen MR) is 141 cm³/mol. The number of aromatic nitrogens is 3. The van der Waals surface area contributed by atoms with E-state index in [9.17, 15) is 14.8 Å². The first kappa shape index (κ1) is 24.7. The second-order valence-corrected chi connectivity index (χ2v) is 8.66. The smallest absolute Gasteiger partial charge is 0.293 e. The Morgan fingerprint density at radius 1 is 1.08 bits per heavy atom. The van der Waals surface area contributed by atoms with Crippen molar-refractivity contribution in [3.63, 3.8) is 0 Å². The van der Waals surface area contributed by atoms with Gasteiger partial charge in [-0.2, -0.15) is 4.73 Å². The fraction of sp³-hybridized carbons (Fsp3) is 0.214. The Bertz CT molecular complexity index is 1440. The monoisotopic (exact) mass is 483 g/mol. The number of carbonyl (C=O) groups excluding carboxylic acids is 1. The van der Waals surface area contributed by atoms with Crippen LogP contribution in [0.25, 0.3) is 11.3 Å². The standard InChI is InChI=1S/C28H29N5O3/c1-4-5-9-20-10-6-7-11-23(20)27(34)31-24-13-8-12-22(19(24)2)25-18-32(3)28(35)26(30-25)29-21-14-16-33(36)17-15-21/h6-8,10-18H,4-5,9H2,1-3H3,(H,29,30)(H,31,34). The molecule has 2 aromatic carbocycles. The summed E-state index contributed by atoms with van der Waals surface area (Å²) in [5, 5.41) is 17.4. The van der Waals surface area contributed by atoms with Gasteiger partial charge in [0.15, 0.2) is 18.2 Å². The molecule has 8 heteroatoms. The highest BCUT2D eigenvalue weighted by molar-refractivity contribution is 6.06. The molecule has 0 unspecified atom stereocenters. The van der Waals surface area contributed by atoms with Crippen LogP contribution in [0.15, 0.2) is 78.0 Å². The molecular formula is C28H29N5O3. The maximum absolute atomic E-state index is 13.2. The Labute approximate surface area is 209 Å². The summed E-state index contributed by atoms with van der Waals surface area (Å²) in [6, 6.07) is 16.4. The number of nitrogens with zero attached hydrogens (tertiary/aromatic N) is 3. The molecule has 2 aromatic heterocycles. The highest BCUT2D eigenvalue weighted by Crippen LogP contribution is 2.28. The zero-order valence-corrected chi connectivity index (χ0v) is 20.6. The second kappa shape index (κ2) is 10.9. The SMILES string of the molecule is CCCCc1ccccc1C(=O)Nc1cccc(-c2cn(C)c(=O)c(Nc3cc[n+]([O-])cc3)n2)c1C. The van der Waals surface area contributed by atoms with Gasteiger partial charge < -0.3 is 20.4 Å². The zero-order valence-electron chi connectivity index (χ0n) is 20.6. The van der Waals surface area contributed by atoms with Gasteiger partial charge in [0.05, 0.1) is 11.4 Å². The normalized spacial score (nSPS) is 10.8. The van der Waals surface area contributed by atoms with E-state index in [1.165, 1.54) is 17.0 Å². The molecule has 0 saturated carbocycles. The van der Waals surface area contributed by atoms with E-state index in [0.717, 1.165) is 36.0 Å². The quantitative estimate of drug-likeness (QED) is 0.279. The molecule has 0 saturated heterocycles. The van der Waals surface area contributed by atoms with E-state index in [1.807, 2.05) is 49.4 Å². The molecule has 4 aromatic rings. The van der Waals surface area contributed by atoms with Crippen LogP contribution >= 0.6 is 0 Å². The van der Waals surface area contributed by atoms with Crippen molar-refractivity contribution >= 4 is 23.1 Å². The van der Waals surface area contributed by atoms with Crippen molar-refractivity contribution in [2.45, 2.75) is 33.1 Å². The van der Waals surface area contributed by atoms with Gasteiger partial charge in [0.1, 0.15) is 0 Å². The summed E-state index contributed by atoms with van der Waals surface area (Å²) < 4.78 is 2.12. The van der Waals surface area contributed by atoms with Crippen LogP contribution < -0.4 is 20.9 Å². The van der Waals surface area contributed by atoms with Crippen molar-refractivity contribution in [1.29, 1.82) is 0 Å². The van der Waals surface area contributed by atoms with Crippen LogP contribution in [0.4, 0.5) is 17.2 Å². The predicted octanol–water partition coefficient (Wildman–Crippen LogP) is 4.73. The summed E-state index contributed by atoms with van der Waals surface area (Å²) in [5.74, 6) is -0.0187. The summed E-state index contributed by atoms with van der Waals surface area (Å²) in [7, 11) is 1.66. The van der Waals surface area contributed by atoms with Crippen LogP contribution in [0.5, 0.6) is 0 Å². The van der Waals surface area contributed by atoms with Crippen molar-refractivity contribution in [2.75, 3.05) is 10.6 Å². The number of aryl methyl sites for hydroxylation is 2. The second-order valence-electron chi connectivity index (χ2n) is 8.66. The third-order valence-electron chi connectivity index (χ3n) is 6.06. The molecule has 1 amide bonds. The summed E-state index contributed by atoms with van der Waals surface area (Å²) in [6.45, 7) is 4.05. The van der Waals surface area contributed by atoms with Crippen molar-refractivity contribution in [1.82, 2.24) is 9.55 Å². The first-order valence-corrected chi connectivity index (χ1v) is 11.9. The van der Waals surface area contributed by atoms with Gasteiger partial charge in [-0.25, -0.2) is 4.98 Å². The van der Waals surface area contributed by atoms with E-state index in [0.29, 0.717) is 27.4 Å². The van der Waals surface area contributed by atoms with Crippen LogP contribution in [0.2, 0.25) is 0 Å². The van der Waals surface area contributed by atoms with Crippen LogP contribution in [0.1, 0.15) is 41.3 Å². The number of anilines is 3. The molecule has 184 valence electrons. The summed E-state index contributed by atoms with van der Waals surface area (Å²) in [4.78, 5) is 30.4. The van der Waals surface area contributed by atoms with E-state index < -0.39 is 0 Å². The molecule has 4 rings (SSSR count). The summed E-state index contributed by atoms with van der Waals surface area (Å²) >= 11 is 0. The van der Waals surface area contributed by atoms with Gasteiger partial charge in [0.2, 0.25) is 0 Å². The van der Waals surface area contributed by atoms with Gasteiger partial charge in [0.25, 0.3) is 11.5 Å². The average molecular weight is 484 g/mol. The minimum atomic E-state index is -0.302. The van der Waals surface area contributed by atoms with E-state index in [2.05, 4.69) is 22.5 Å². The van der Waals surface area contributed by atoms with Crippen LogP contribution in [0.3, 0.4) is 0 Å². The maximum atomic E-state index is 13.2. The van der Waals surface area contributed by atoms with Gasteiger partial charge in [-0.15, -0.1) is 0 Å². The van der Waals surface area contributed by atoms with Crippen LogP contribution in [-0.2, 0) is 13.5 Å². The van der Waals surface area contributed by atoms with Gasteiger partial charge in [-0.05, 0) is 43.0 Å². The number of benzene rings is 2. The number of hydrogen-bond donors (Lipinski definition) is 2. The Hall–Kier alpha value is -4.46. The van der Waals surface area contributed by atoms with Gasteiger partial charge >= 0.3 is 0 Å². The molecule has 0 fully saturated rings. The van der Waals surface area contributed by atoms with E-state index in [4.69, 9.17) is 0 Å². The summed E-state index contributed by atoms with van der Waals surface area (Å²) in [5.41, 5.74) is 4.85. The molecule has 2 heterocycles. The number of hydrogen-bond acceptors (Lipinski definition) is 5. The highest BCUT2D eigenvalue weighted by Gasteiger charge is 2.16. The minimum Gasteiger partial charge on any atom is -0.619 e. The van der Waals surface area contributed by atoms with Crippen LogP contribution in [0, 0.1) is 12.1 Å². The number of rotatable bonds is 8. The van der Waals surface area contributed by atoms with E-state index in [-0.39, 0.29) is 17.3 Å². The first-order chi connectivity index (χ1) is 17.4. The maximum Gasteiger partial charge on any atom is 0.293 e. The Morgan fingerprint density at radius 3 is 2.58 bits per heavy atom. The van der Waals surface area contributed by atoms with Crippen molar-refractivity contribution in [3.8, 4) is 11.3 Å². The molecule has 8 nitrogen and oxygen atoms in total. The molecule has 2 N–H and O–H groups in total. The molecular weight excluding hydrogens is 454 g/mol. The largest absolute Gasteiger partial charge is 0.619 e. The molecule has 0 aliphatic carbocycles. The van der Waals surface area contributed by atoms with Gasteiger partial charge in [-0.3, -0.25) is 9.59 Å². The van der Waals surface area contributed by atoms with Crippen molar-refractivity contribution < 1.29 is 9.52 Å². The lowest BCUT2D eigenvalue weighted by atomic mass is 10.0. The third kappa shape index (κ3) is 5.43. The first-order valence-electron chi connectivity index (χ1n) is 11.9. The molecule has 36 heavy (non-hydrogen) atoms. The topological polar surface area (TPSA) is 103 Å². The van der Waals surface area contributed by atoms with Gasteiger partial charge in [0, 0.05) is 42.2 Å². The number of unbranched alkanes of at least 4 members (excludes halogenated alkanes) is 1. The molecule has 0 atom stereocenters. The molecule has 0 radical (unpaired) electrons. The molecule has 0 aliphatic heterocycles. The molecule has 0 aliphatic rings. The minimum absolute atomic E-state index is 0.136. The number of carbonyl (C=O) groups is 1. The zero-order chi connectivity index (χ0) is 25.7. The lowest BCUT2D eigenvalue weighted by Gasteiger charge is -2.15. The van der Waals surface area contributed by atoms with Crippen molar-refractivity contribution in [2.24, 2.45) is 7.05 Å². The third-order valence-corrected chi connectivity index (χ3v) is 6.06. The fourth-order valence-electron chi connectivity index (χ4n) is 4.02. The number of amides is 1. The number of pyridine rings is 1. The Kier molecular flexibility index (Phi) is 7.44. The molecule has 0 spiro atoms. The fourth-order valence-corrected chi connectivity index (χ4v) is 4.02. The highest BCUT2D eigenvalue weighted by atomic mass is 16.5. The molecule has 0 bridgehead atoms. The van der Waals surface area contributed by atoms with Gasteiger partial charge in [-0.1, -0.05) is 43.7 Å². The van der Waals surface area contributed by atoms with E-state index >= 15 is 0 Å². The number of nitrogens with one attached hydrogen (secondary N) is 2.